The quantitative estimate of drug-likeness (QED) is 0.625. The summed E-state index contributed by atoms with van der Waals surface area (Å²) in [5.74, 6) is 0.0936. The van der Waals surface area contributed by atoms with Gasteiger partial charge in [-0.15, -0.1) is 5.10 Å². The molecular formula is C16H22N4OS. The van der Waals surface area contributed by atoms with Gasteiger partial charge in [-0.05, 0) is 50.1 Å². The van der Waals surface area contributed by atoms with E-state index in [0.717, 1.165) is 12.0 Å². The Morgan fingerprint density at radius 2 is 1.91 bits per heavy atom. The SMILES string of the molecule is CCc1ccc(C(=O)[C@@H](C)Sc2nnnn2C(C)(C)C)cc1. The molecule has 0 saturated carbocycles. The highest BCUT2D eigenvalue weighted by atomic mass is 32.2. The van der Waals surface area contributed by atoms with E-state index >= 15 is 0 Å². The summed E-state index contributed by atoms with van der Waals surface area (Å²) >= 11 is 1.39. The molecule has 1 atom stereocenters. The Hall–Kier alpha value is -1.69. The number of hydrogen-bond acceptors (Lipinski definition) is 5. The molecule has 0 aliphatic carbocycles. The van der Waals surface area contributed by atoms with Crippen LogP contribution in [-0.2, 0) is 12.0 Å². The van der Waals surface area contributed by atoms with Crippen LogP contribution in [0.2, 0.25) is 0 Å². The minimum absolute atomic E-state index is 0.0936. The molecule has 0 aliphatic heterocycles. The topological polar surface area (TPSA) is 60.7 Å². The zero-order valence-corrected chi connectivity index (χ0v) is 14.5. The molecule has 0 radical (unpaired) electrons. The van der Waals surface area contributed by atoms with Crippen LogP contribution in [0.4, 0.5) is 0 Å². The van der Waals surface area contributed by atoms with Gasteiger partial charge in [0.2, 0.25) is 5.16 Å². The molecule has 0 unspecified atom stereocenters. The number of carbonyl (C=O) groups is 1. The van der Waals surface area contributed by atoms with E-state index in [4.69, 9.17) is 0 Å². The highest BCUT2D eigenvalue weighted by molar-refractivity contribution is 8.00. The summed E-state index contributed by atoms with van der Waals surface area (Å²) in [6.07, 6.45) is 0.971. The van der Waals surface area contributed by atoms with E-state index in [1.165, 1.54) is 17.3 Å². The van der Waals surface area contributed by atoms with Gasteiger partial charge in [-0.1, -0.05) is 43.0 Å². The average molecular weight is 318 g/mol. The molecular weight excluding hydrogens is 296 g/mol. The molecule has 22 heavy (non-hydrogen) atoms. The highest BCUT2D eigenvalue weighted by Crippen LogP contribution is 2.27. The Morgan fingerprint density at radius 3 is 2.45 bits per heavy atom. The van der Waals surface area contributed by atoms with E-state index in [1.54, 1.807) is 4.68 Å². The molecule has 0 spiro atoms. The Balaban J connectivity index is 2.13. The van der Waals surface area contributed by atoms with Crippen LogP contribution in [0.5, 0.6) is 0 Å². The third kappa shape index (κ3) is 3.74. The smallest absolute Gasteiger partial charge is 0.210 e. The van der Waals surface area contributed by atoms with Gasteiger partial charge in [-0.25, -0.2) is 4.68 Å². The maximum Gasteiger partial charge on any atom is 0.210 e. The number of benzene rings is 1. The molecule has 0 N–H and O–H groups in total. The van der Waals surface area contributed by atoms with Crippen molar-refractivity contribution in [3.8, 4) is 0 Å². The number of aryl methyl sites for hydroxylation is 1. The van der Waals surface area contributed by atoms with Crippen LogP contribution in [0.15, 0.2) is 29.4 Å². The van der Waals surface area contributed by atoms with Crippen molar-refractivity contribution in [3.63, 3.8) is 0 Å². The minimum Gasteiger partial charge on any atom is -0.293 e. The molecule has 118 valence electrons. The van der Waals surface area contributed by atoms with E-state index in [2.05, 4.69) is 22.4 Å². The van der Waals surface area contributed by atoms with Gasteiger partial charge in [0, 0.05) is 5.56 Å². The summed E-state index contributed by atoms with van der Waals surface area (Å²) < 4.78 is 1.75. The largest absolute Gasteiger partial charge is 0.293 e. The van der Waals surface area contributed by atoms with Crippen molar-refractivity contribution in [2.45, 2.75) is 57.0 Å². The maximum absolute atomic E-state index is 12.5. The van der Waals surface area contributed by atoms with Gasteiger partial charge in [0.1, 0.15) is 0 Å². The summed E-state index contributed by atoms with van der Waals surface area (Å²) in [6, 6.07) is 7.80. The Bertz CT molecular complexity index is 643. The Kier molecular flexibility index (Phi) is 5.01. The molecule has 0 amide bonds. The molecule has 0 saturated heterocycles. The van der Waals surface area contributed by atoms with E-state index in [1.807, 2.05) is 52.0 Å². The van der Waals surface area contributed by atoms with Crippen LogP contribution in [-0.4, -0.2) is 31.2 Å². The van der Waals surface area contributed by atoms with Crippen LogP contribution in [0.3, 0.4) is 0 Å². The van der Waals surface area contributed by atoms with Gasteiger partial charge in [-0.3, -0.25) is 4.79 Å². The minimum atomic E-state index is -0.237. The van der Waals surface area contributed by atoms with Gasteiger partial charge < -0.3 is 0 Å². The lowest BCUT2D eigenvalue weighted by Gasteiger charge is -2.20. The van der Waals surface area contributed by atoms with Gasteiger partial charge >= 0.3 is 0 Å². The lowest BCUT2D eigenvalue weighted by atomic mass is 10.1. The normalized spacial score (nSPS) is 13.1. The standard InChI is InChI=1S/C16H22N4OS/c1-6-12-7-9-13(10-8-12)14(21)11(2)22-15-17-18-19-20(15)16(3,4)5/h7-11H,6H2,1-5H3/t11-/m1/s1. The van der Waals surface area contributed by atoms with Crippen LogP contribution in [0.25, 0.3) is 0 Å². The molecule has 0 fully saturated rings. The van der Waals surface area contributed by atoms with Crippen LogP contribution in [0.1, 0.15) is 50.5 Å². The van der Waals surface area contributed by atoms with Crippen molar-refractivity contribution >= 4 is 17.5 Å². The summed E-state index contributed by atoms with van der Waals surface area (Å²) in [4.78, 5) is 12.5. The lowest BCUT2D eigenvalue weighted by molar-refractivity contribution is 0.0993. The fraction of sp³-hybridized carbons (Fsp3) is 0.500. The van der Waals surface area contributed by atoms with Crippen molar-refractivity contribution in [3.05, 3.63) is 35.4 Å². The first-order valence-corrected chi connectivity index (χ1v) is 8.29. The maximum atomic E-state index is 12.5. The first-order chi connectivity index (χ1) is 10.3. The number of rotatable bonds is 5. The fourth-order valence-electron chi connectivity index (χ4n) is 2.02. The lowest BCUT2D eigenvalue weighted by Crippen LogP contribution is -2.25. The van der Waals surface area contributed by atoms with Crippen molar-refractivity contribution in [1.29, 1.82) is 0 Å². The van der Waals surface area contributed by atoms with Gasteiger partial charge in [0.05, 0.1) is 10.8 Å². The number of thioether (sulfide) groups is 1. The number of Topliss-reactive ketones (excluding diaryl/α,β-unsaturated/α-hetero) is 1. The monoisotopic (exact) mass is 318 g/mol. The summed E-state index contributed by atoms with van der Waals surface area (Å²) in [6.45, 7) is 10.1. The number of carbonyl (C=O) groups excluding carboxylic acids is 1. The van der Waals surface area contributed by atoms with E-state index in [-0.39, 0.29) is 16.6 Å². The number of ketones is 1. The van der Waals surface area contributed by atoms with E-state index in [9.17, 15) is 4.79 Å². The highest BCUT2D eigenvalue weighted by Gasteiger charge is 2.24. The Labute approximate surface area is 135 Å². The first kappa shape index (κ1) is 16.7. The summed E-state index contributed by atoms with van der Waals surface area (Å²) in [7, 11) is 0. The Morgan fingerprint density at radius 1 is 1.27 bits per heavy atom. The molecule has 1 aromatic heterocycles. The van der Waals surface area contributed by atoms with Gasteiger partial charge in [0.15, 0.2) is 5.78 Å². The zero-order chi connectivity index (χ0) is 16.3. The van der Waals surface area contributed by atoms with Gasteiger partial charge in [-0.2, -0.15) is 0 Å². The van der Waals surface area contributed by atoms with Crippen LogP contribution in [0, 0.1) is 0 Å². The van der Waals surface area contributed by atoms with Crippen molar-refractivity contribution in [2.24, 2.45) is 0 Å². The second-order valence-corrected chi connectivity index (χ2v) is 7.53. The number of nitrogens with zero attached hydrogens (tertiary/aromatic N) is 4. The summed E-state index contributed by atoms with van der Waals surface area (Å²) in [5, 5.41) is 12.2. The number of aromatic nitrogens is 4. The molecule has 5 nitrogen and oxygen atoms in total. The second-order valence-electron chi connectivity index (χ2n) is 6.22. The third-order valence-corrected chi connectivity index (χ3v) is 4.41. The second kappa shape index (κ2) is 6.60. The molecule has 1 heterocycles. The van der Waals surface area contributed by atoms with E-state index in [0.29, 0.717) is 5.16 Å². The molecule has 6 heteroatoms. The predicted molar refractivity (Wildman–Crippen MR) is 88.3 cm³/mol. The molecule has 0 bridgehead atoms. The van der Waals surface area contributed by atoms with E-state index < -0.39 is 0 Å². The van der Waals surface area contributed by atoms with Crippen LogP contribution < -0.4 is 0 Å². The average Bonchev–Trinajstić information content (AvgIpc) is 2.95. The van der Waals surface area contributed by atoms with Gasteiger partial charge in [0.25, 0.3) is 0 Å². The van der Waals surface area contributed by atoms with Crippen molar-refractivity contribution in [1.82, 2.24) is 20.2 Å². The molecule has 2 aromatic rings. The van der Waals surface area contributed by atoms with Crippen LogP contribution >= 0.6 is 11.8 Å². The van der Waals surface area contributed by atoms with Crippen molar-refractivity contribution < 1.29 is 4.79 Å². The van der Waals surface area contributed by atoms with Crippen molar-refractivity contribution in [2.75, 3.05) is 0 Å². The number of hydrogen-bond donors (Lipinski definition) is 0. The number of tetrazole rings is 1. The fourth-order valence-corrected chi connectivity index (χ4v) is 3.08. The zero-order valence-electron chi connectivity index (χ0n) is 13.7. The summed E-state index contributed by atoms with van der Waals surface area (Å²) in [5.41, 5.74) is 1.75. The predicted octanol–water partition coefficient (Wildman–Crippen LogP) is 3.35. The third-order valence-electron chi connectivity index (χ3n) is 3.37. The molecule has 0 aliphatic rings. The first-order valence-electron chi connectivity index (χ1n) is 7.41. The molecule has 1 aromatic carbocycles. The molecule has 2 rings (SSSR count).